The first-order valence-corrected chi connectivity index (χ1v) is 11.2. The van der Waals surface area contributed by atoms with Crippen LogP contribution < -0.4 is 4.90 Å². The van der Waals surface area contributed by atoms with E-state index < -0.39 is 5.97 Å². The quantitative estimate of drug-likeness (QED) is 0.427. The third-order valence-corrected chi connectivity index (χ3v) is 6.46. The third-order valence-electron chi connectivity index (χ3n) is 6.46. The number of benzene rings is 3. The number of anilines is 1. The van der Waals surface area contributed by atoms with Crippen LogP contribution in [-0.4, -0.2) is 33.6 Å². The van der Waals surface area contributed by atoms with E-state index in [-0.39, 0.29) is 11.5 Å². The van der Waals surface area contributed by atoms with Crippen LogP contribution in [0.15, 0.2) is 72.8 Å². The van der Waals surface area contributed by atoms with Crippen LogP contribution in [0.4, 0.5) is 5.69 Å². The van der Waals surface area contributed by atoms with Crippen molar-refractivity contribution in [2.24, 2.45) is 0 Å². The Balaban J connectivity index is 1.52. The zero-order valence-electron chi connectivity index (χ0n) is 18.4. The number of imidazole rings is 1. The summed E-state index contributed by atoms with van der Waals surface area (Å²) in [7, 11) is 1.77. The van der Waals surface area contributed by atoms with Crippen LogP contribution in [0.2, 0.25) is 0 Å². The van der Waals surface area contributed by atoms with Crippen LogP contribution in [-0.2, 0) is 0 Å². The van der Waals surface area contributed by atoms with E-state index in [0.29, 0.717) is 17.1 Å². The molecule has 166 valence electrons. The average molecular weight is 440 g/mol. The van der Waals surface area contributed by atoms with Crippen molar-refractivity contribution in [3.05, 3.63) is 83.9 Å². The summed E-state index contributed by atoms with van der Waals surface area (Å²) >= 11 is 0. The fourth-order valence-electron chi connectivity index (χ4n) is 4.69. The first-order valence-electron chi connectivity index (χ1n) is 11.2. The Labute approximate surface area is 192 Å². The standard InChI is InChI=1S/C27H25N3O3/c1-29(21-7-3-2-4-8-21)26(31)19-13-11-18(12-14-19)25-28-23-17-20(27(32)33)15-16-24(23)30(25)22-9-5-6-10-22/h2-4,7-8,11-17,22H,5-6,9-10H2,1H3,(H,32,33). The van der Waals surface area contributed by atoms with E-state index in [0.717, 1.165) is 35.4 Å². The number of carboxylic acid groups (broad SMARTS) is 1. The summed E-state index contributed by atoms with van der Waals surface area (Å²) in [6, 6.07) is 22.5. The molecule has 1 aliphatic rings. The molecule has 33 heavy (non-hydrogen) atoms. The highest BCUT2D eigenvalue weighted by Gasteiger charge is 2.24. The monoisotopic (exact) mass is 439 g/mol. The zero-order valence-corrected chi connectivity index (χ0v) is 18.4. The van der Waals surface area contributed by atoms with E-state index >= 15 is 0 Å². The number of amides is 1. The van der Waals surface area contributed by atoms with Crippen LogP contribution in [0.3, 0.4) is 0 Å². The van der Waals surface area contributed by atoms with E-state index in [4.69, 9.17) is 4.98 Å². The number of aromatic nitrogens is 2. The molecule has 0 aliphatic heterocycles. The topological polar surface area (TPSA) is 75.4 Å². The lowest BCUT2D eigenvalue weighted by Crippen LogP contribution is -2.26. The highest BCUT2D eigenvalue weighted by atomic mass is 16.4. The highest BCUT2D eigenvalue weighted by molar-refractivity contribution is 6.06. The summed E-state index contributed by atoms with van der Waals surface area (Å²) in [5, 5.41) is 9.39. The molecule has 1 heterocycles. The van der Waals surface area contributed by atoms with Crippen molar-refractivity contribution in [2.75, 3.05) is 11.9 Å². The molecule has 0 atom stereocenters. The Bertz CT molecular complexity index is 1320. The van der Waals surface area contributed by atoms with Gasteiger partial charge in [0.1, 0.15) is 5.82 Å². The number of para-hydroxylation sites is 1. The molecular weight excluding hydrogens is 414 g/mol. The summed E-state index contributed by atoms with van der Waals surface area (Å²) in [4.78, 5) is 30.9. The zero-order chi connectivity index (χ0) is 22.9. The number of aromatic carboxylic acids is 1. The van der Waals surface area contributed by atoms with E-state index in [1.807, 2.05) is 60.7 Å². The molecule has 1 aliphatic carbocycles. The molecule has 0 unspecified atom stereocenters. The maximum Gasteiger partial charge on any atom is 0.335 e. The van der Waals surface area contributed by atoms with E-state index in [1.54, 1.807) is 24.1 Å². The maximum absolute atomic E-state index is 13.0. The van der Waals surface area contributed by atoms with Gasteiger partial charge in [0.05, 0.1) is 16.6 Å². The number of carboxylic acids is 1. The Morgan fingerprint density at radius 2 is 1.61 bits per heavy atom. The van der Waals surface area contributed by atoms with Crippen molar-refractivity contribution in [2.45, 2.75) is 31.7 Å². The lowest BCUT2D eigenvalue weighted by molar-refractivity contribution is 0.0696. The van der Waals surface area contributed by atoms with Gasteiger partial charge in [0, 0.05) is 29.9 Å². The lowest BCUT2D eigenvalue weighted by Gasteiger charge is -2.18. The van der Waals surface area contributed by atoms with Crippen LogP contribution in [0.5, 0.6) is 0 Å². The van der Waals surface area contributed by atoms with Crippen LogP contribution in [0.25, 0.3) is 22.4 Å². The van der Waals surface area contributed by atoms with Crippen molar-refractivity contribution < 1.29 is 14.7 Å². The van der Waals surface area contributed by atoms with Gasteiger partial charge >= 0.3 is 5.97 Å². The lowest BCUT2D eigenvalue weighted by atomic mass is 10.1. The molecule has 1 N–H and O–H groups in total. The van der Waals surface area contributed by atoms with Gasteiger partial charge in [0.15, 0.2) is 0 Å². The molecule has 0 bridgehead atoms. The molecule has 0 saturated heterocycles. The van der Waals surface area contributed by atoms with Gasteiger partial charge in [-0.3, -0.25) is 4.79 Å². The van der Waals surface area contributed by atoms with Crippen LogP contribution in [0.1, 0.15) is 52.4 Å². The van der Waals surface area contributed by atoms with Crippen molar-refractivity contribution in [3.8, 4) is 11.4 Å². The van der Waals surface area contributed by atoms with Crippen molar-refractivity contribution in [1.82, 2.24) is 9.55 Å². The highest BCUT2D eigenvalue weighted by Crippen LogP contribution is 2.37. The minimum absolute atomic E-state index is 0.0804. The van der Waals surface area contributed by atoms with Gasteiger partial charge in [-0.05, 0) is 55.3 Å². The molecule has 0 radical (unpaired) electrons. The molecule has 1 saturated carbocycles. The second kappa shape index (κ2) is 8.54. The molecular formula is C27H25N3O3. The number of hydrogen-bond donors (Lipinski definition) is 1. The number of carbonyl (C=O) groups is 2. The molecule has 1 fully saturated rings. The summed E-state index contributed by atoms with van der Waals surface area (Å²) in [6.45, 7) is 0. The van der Waals surface area contributed by atoms with E-state index in [9.17, 15) is 14.7 Å². The summed E-state index contributed by atoms with van der Waals surface area (Å²) in [5.41, 5.74) is 4.21. The molecule has 5 rings (SSSR count). The van der Waals surface area contributed by atoms with Crippen LogP contribution >= 0.6 is 0 Å². The van der Waals surface area contributed by atoms with E-state index in [1.165, 1.54) is 12.8 Å². The number of carbonyl (C=O) groups excluding carboxylic acids is 1. The normalized spacial score (nSPS) is 14.0. The minimum atomic E-state index is -0.959. The first kappa shape index (κ1) is 20.9. The van der Waals surface area contributed by atoms with Gasteiger partial charge in [0.25, 0.3) is 5.91 Å². The van der Waals surface area contributed by atoms with Gasteiger partial charge in [0.2, 0.25) is 0 Å². The second-order valence-corrected chi connectivity index (χ2v) is 8.53. The molecule has 1 amide bonds. The summed E-state index contributed by atoms with van der Waals surface area (Å²) in [6.07, 6.45) is 4.52. The Morgan fingerprint density at radius 3 is 2.27 bits per heavy atom. The maximum atomic E-state index is 13.0. The summed E-state index contributed by atoms with van der Waals surface area (Å²) in [5.74, 6) is -0.225. The van der Waals surface area contributed by atoms with Crippen molar-refractivity contribution in [1.29, 1.82) is 0 Å². The van der Waals surface area contributed by atoms with Crippen molar-refractivity contribution in [3.63, 3.8) is 0 Å². The summed E-state index contributed by atoms with van der Waals surface area (Å²) < 4.78 is 2.25. The molecule has 6 heteroatoms. The molecule has 0 spiro atoms. The second-order valence-electron chi connectivity index (χ2n) is 8.53. The van der Waals surface area contributed by atoms with Gasteiger partial charge in [-0.25, -0.2) is 9.78 Å². The SMILES string of the molecule is CN(C(=O)c1ccc(-c2nc3cc(C(=O)O)ccc3n2C2CCCC2)cc1)c1ccccc1. The minimum Gasteiger partial charge on any atom is -0.478 e. The van der Waals surface area contributed by atoms with Crippen molar-refractivity contribution >= 4 is 28.6 Å². The number of rotatable bonds is 5. The predicted molar refractivity (Wildman–Crippen MR) is 129 cm³/mol. The first-order chi connectivity index (χ1) is 16.0. The van der Waals surface area contributed by atoms with E-state index in [2.05, 4.69) is 4.57 Å². The largest absolute Gasteiger partial charge is 0.478 e. The third kappa shape index (κ3) is 3.89. The molecule has 4 aromatic rings. The predicted octanol–water partition coefficient (Wildman–Crippen LogP) is 5.79. The molecule has 6 nitrogen and oxygen atoms in total. The van der Waals surface area contributed by atoms with Gasteiger partial charge in [-0.1, -0.05) is 43.2 Å². The number of hydrogen-bond acceptors (Lipinski definition) is 3. The molecule has 3 aromatic carbocycles. The Kier molecular flexibility index (Phi) is 5.42. The Morgan fingerprint density at radius 1 is 0.939 bits per heavy atom. The number of nitrogens with zero attached hydrogens (tertiary/aromatic N) is 3. The number of fused-ring (bicyclic) bond motifs is 1. The van der Waals surface area contributed by atoms with Gasteiger partial charge < -0.3 is 14.6 Å². The smallest absolute Gasteiger partial charge is 0.335 e. The fraction of sp³-hybridized carbons (Fsp3) is 0.222. The average Bonchev–Trinajstić information content (AvgIpc) is 3.51. The van der Waals surface area contributed by atoms with Gasteiger partial charge in [-0.2, -0.15) is 0 Å². The Hall–Kier alpha value is -3.93. The fourth-order valence-corrected chi connectivity index (χ4v) is 4.69. The van der Waals surface area contributed by atoms with Crippen LogP contribution in [0, 0.1) is 0 Å². The van der Waals surface area contributed by atoms with Gasteiger partial charge in [-0.15, -0.1) is 0 Å². The molecule has 1 aromatic heterocycles.